The van der Waals surface area contributed by atoms with E-state index >= 15 is 0 Å². The summed E-state index contributed by atoms with van der Waals surface area (Å²) in [6.07, 6.45) is 0. The predicted octanol–water partition coefficient (Wildman–Crippen LogP) is 4.14. The second-order valence-corrected chi connectivity index (χ2v) is 7.32. The number of carbonyl (C=O) groups is 2. The molecule has 3 aromatic rings. The van der Waals surface area contributed by atoms with Gasteiger partial charge in [0.15, 0.2) is 0 Å². The van der Waals surface area contributed by atoms with Gasteiger partial charge in [0.1, 0.15) is 0 Å². The van der Waals surface area contributed by atoms with Crippen molar-refractivity contribution in [2.24, 2.45) is 0 Å². The smallest absolute Gasteiger partial charge is 0.271 e. The standard InChI is InChI=1S/C24H23N3O4/c1-25(16-18-9-5-3-6-10-18)23(28)20-13-21(15-22(14-20)27(30)31)24(29)26(2)17-19-11-7-4-8-12-19/h3-15H,16-17H2,1-2H3. The molecule has 0 radical (unpaired) electrons. The van der Waals surface area contributed by atoms with E-state index in [1.807, 2.05) is 60.7 Å². The SMILES string of the molecule is CN(Cc1ccccc1)C(=O)c1cc(C(=O)N(C)Cc2ccccc2)cc([N+](=O)[O-])c1. The van der Waals surface area contributed by atoms with Gasteiger partial charge in [-0.1, -0.05) is 60.7 Å². The lowest BCUT2D eigenvalue weighted by Gasteiger charge is -2.19. The molecular weight excluding hydrogens is 394 g/mol. The van der Waals surface area contributed by atoms with Crippen molar-refractivity contribution in [3.8, 4) is 0 Å². The van der Waals surface area contributed by atoms with Crippen LogP contribution in [0.4, 0.5) is 5.69 Å². The monoisotopic (exact) mass is 417 g/mol. The molecule has 2 amide bonds. The van der Waals surface area contributed by atoms with Crippen molar-refractivity contribution in [3.05, 3.63) is 111 Å². The summed E-state index contributed by atoms with van der Waals surface area (Å²) in [6, 6.07) is 22.7. The fourth-order valence-electron chi connectivity index (χ4n) is 3.26. The minimum Gasteiger partial charge on any atom is -0.337 e. The van der Waals surface area contributed by atoms with Crippen molar-refractivity contribution in [2.45, 2.75) is 13.1 Å². The van der Waals surface area contributed by atoms with Crippen molar-refractivity contribution >= 4 is 17.5 Å². The quantitative estimate of drug-likeness (QED) is 0.427. The average Bonchev–Trinajstić information content (AvgIpc) is 2.79. The van der Waals surface area contributed by atoms with Crippen molar-refractivity contribution in [1.82, 2.24) is 9.80 Å². The van der Waals surface area contributed by atoms with E-state index in [1.165, 1.54) is 28.0 Å². The molecule has 0 spiro atoms. The van der Waals surface area contributed by atoms with Gasteiger partial charge in [0, 0.05) is 50.4 Å². The number of nitrogens with zero attached hydrogens (tertiary/aromatic N) is 3. The largest absolute Gasteiger partial charge is 0.337 e. The van der Waals surface area contributed by atoms with Crippen LogP contribution in [-0.4, -0.2) is 40.6 Å². The number of non-ortho nitro benzene ring substituents is 1. The normalized spacial score (nSPS) is 10.4. The fourth-order valence-corrected chi connectivity index (χ4v) is 3.26. The maximum absolute atomic E-state index is 12.9. The van der Waals surface area contributed by atoms with Crippen LogP contribution in [-0.2, 0) is 13.1 Å². The molecule has 0 unspecified atom stereocenters. The molecule has 0 bridgehead atoms. The second kappa shape index (κ2) is 9.67. The molecule has 0 N–H and O–H groups in total. The maximum Gasteiger partial charge on any atom is 0.271 e. The summed E-state index contributed by atoms with van der Waals surface area (Å²) < 4.78 is 0. The molecule has 158 valence electrons. The summed E-state index contributed by atoms with van der Waals surface area (Å²) in [6.45, 7) is 0.694. The summed E-state index contributed by atoms with van der Waals surface area (Å²) in [5, 5.41) is 11.4. The van der Waals surface area contributed by atoms with Gasteiger partial charge >= 0.3 is 0 Å². The minimum atomic E-state index is -0.595. The first-order valence-electron chi connectivity index (χ1n) is 9.73. The average molecular weight is 417 g/mol. The number of carbonyl (C=O) groups excluding carboxylic acids is 2. The molecule has 0 aromatic heterocycles. The molecule has 7 nitrogen and oxygen atoms in total. The predicted molar refractivity (Wildman–Crippen MR) is 118 cm³/mol. The summed E-state index contributed by atoms with van der Waals surface area (Å²) in [5.74, 6) is -0.792. The first kappa shape index (κ1) is 21.7. The van der Waals surface area contributed by atoms with Gasteiger partial charge in [0.2, 0.25) is 0 Å². The molecule has 0 aliphatic heterocycles. The van der Waals surface area contributed by atoms with Gasteiger partial charge in [-0.15, -0.1) is 0 Å². The van der Waals surface area contributed by atoms with Crippen LogP contribution in [0.15, 0.2) is 78.9 Å². The molecule has 31 heavy (non-hydrogen) atoms. The van der Waals surface area contributed by atoms with Crippen molar-refractivity contribution in [3.63, 3.8) is 0 Å². The van der Waals surface area contributed by atoms with Gasteiger partial charge in [0.25, 0.3) is 17.5 Å². The molecule has 0 atom stereocenters. The third-order valence-corrected chi connectivity index (χ3v) is 4.84. The Balaban J connectivity index is 1.85. The summed E-state index contributed by atoms with van der Waals surface area (Å²) >= 11 is 0. The third-order valence-electron chi connectivity index (χ3n) is 4.84. The highest BCUT2D eigenvalue weighted by molar-refractivity contribution is 6.00. The van der Waals surface area contributed by atoms with Crippen molar-refractivity contribution in [2.75, 3.05) is 14.1 Å². The number of nitro groups is 1. The fraction of sp³-hybridized carbons (Fsp3) is 0.167. The zero-order valence-corrected chi connectivity index (χ0v) is 17.4. The Morgan fingerprint density at radius 1 is 0.742 bits per heavy atom. The van der Waals surface area contributed by atoms with Crippen molar-refractivity contribution in [1.29, 1.82) is 0 Å². The molecule has 0 heterocycles. The summed E-state index contributed by atoms with van der Waals surface area (Å²) in [7, 11) is 3.24. The van der Waals surface area contributed by atoms with Crippen LogP contribution in [0.3, 0.4) is 0 Å². The van der Waals surface area contributed by atoms with E-state index in [-0.39, 0.29) is 16.8 Å². The number of hydrogen-bond acceptors (Lipinski definition) is 4. The van der Waals surface area contributed by atoms with E-state index in [0.29, 0.717) is 13.1 Å². The van der Waals surface area contributed by atoms with E-state index in [1.54, 1.807) is 14.1 Å². The number of benzene rings is 3. The Bertz CT molecular complexity index is 1010. The Morgan fingerprint density at radius 3 is 1.48 bits per heavy atom. The zero-order valence-electron chi connectivity index (χ0n) is 17.4. The summed E-state index contributed by atoms with van der Waals surface area (Å²) in [5.41, 5.74) is 1.77. The third kappa shape index (κ3) is 5.54. The van der Waals surface area contributed by atoms with Crippen LogP contribution in [0.25, 0.3) is 0 Å². The van der Waals surface area contributed by atoms with Crippen LogP contribution < -0.4 is 0 Å². The van der Waals surface area contributed by atoms with E-state index in [9.17, 15) is 19.7 Å². The topological polar surface area (TPSA) is 83.8 Å². The lowest BCUT2D eigenvalue weighted by molar-refractivity contribution is -0.384. The lowest BCUT2D eigenvalue weighted by Crippen LogP contribution is -2.28. The first-order valence-corrected chi connectivity index (χ1v) is 9.73. The molecule has 3 aromatic carbocycles. The maximum atomic E-state index is 12.9. The molecule has 0 saturated carbocycles. The number of nitro benzene ring substituents is 1. The minimum absolute atomic E-state index is 0.101. The van der Waals surface area contributed by atoms with Crippen LogP contribution in [0.5, 0.6) is 0 Å². The Hall–Kier alpha value is -4.00. The Kier molecular flexibility index (Phi) is 6.77. The van der Waals surface area contributed by atoms with Gasteiger partial charge in [-0.05, 0) is 17.2 Å². The van der Waals surface area contributed by atoms with E-state index < -0.39 is 16.7 Å². The van der Waals surface area contributed by atoms with Crippen LogP contribution in [0.2, 0.25) is 0 Å². The highest BCUT2D eigenvalue weighted by Gasteiger charge is 2.22. The van der Waals surface area contributed by atoms with Gasteiger partial charge in [-0.25, -0.2) is 0 Å². The van der Waals surface area contributed by atoms with Gasteiger partial charge in [0.05, 0.1) is 4.92 Å². The highest BCUT2D eigenvalue weighted by atomic mass is 16.6. The van der Waals surface area contributed by atoms with Crippen LogP contribution in [0, 0.1) is 10.1 Å². The lowest BCUT2D eigenvalue weighted by atomic mass is 10.1. The van der Waals surface area contributed by atoms with Gasteiger partial charge < -0.3 is 9.80 Å². The second-order valence-electron chi connectivity index (χ2n) is 7.32. The van der Waals surface area contributed by atoms with E-state index in [4.69, 9.17) is 0 Å². The molecule has 0 aliphatic carbocycles. The highest BCUT2D eigenvalue weighted by Crippen LogP contribution is 2.21. The van der Waals surface area contributed by atoms with E-state index in [0.717, 1.165) is 11.1 Å². The zero-order chi connectivity index (χ0) is 22.4. The van der Waals surface area contributed by atoms with Crippen LogP contribution >= 0.6 is 0 Å². The first-order chi connectivity index (χ1) is 14.8. The molecule has 7 heteroatoms. The molecule has 3 rings (SSSR count). The van der Waals surface area contributed by atoms with Crippen LogP contribution in [0.1, 0.15) is 31.8 Å². The number of hydrogen-bond donors (Lipinski definition) is 0. The molecular formula is C24H23N3O4. The molecule has 0 saturated heterocycles. The molecule has 0 aliphatic rings. The number of rotatable bonds is 7. The number of amides is 2. The Labute approximate surface area is 180 Å². The van der Waals surface area contributed by atoms with Gasteiger partial charge in [-0.2, -0.15) is 0 Å². The van der Waals surface area contributed by atoms with Crippen molar-refractivity contribution < 1.29 is 14.5 Å². The van der Waals surface area contributed by atoms with Gasteiger partial charge in [-0.3, -0.25) is 19.7 Å². The van der Waals surface area contributed by atoms with E-state index in [2.05, 4.69) is 0 Å². The summed E-state index contributed by atoms with van der Waals surface area (Å²) in [4.78, 5) is 39.6. The molecule has 0 fully saturated rings. The Morgan fingerprint density at radius 2 is 1.13 bits per heavy atom.